The van der Waals surface area contributed by atoms with E-state index in [4.69, 9.17) is 10.1 Å². The number of hydrogen-bond acceptors (Lipinski definition) is 5. The molecule has 0 saturated carbocycles. The van der Waals surface area contributed by atoms with E-state index in [1.807, 2.05) is 63.2 Å². The first-order valence-corrected chi connectivity index (χ1v) is 16.3. The van der Waals surface area contributed by atoms with Gasteiger partial charge in [-0.2, -0.15) is 4.99 Å². The fourth-order valence-corrected chi connectivity index (χ4v) is 5.35. The van der Waals surface area contributed by atoms with Crippen molar-refractivity contribution in [2.75, 3.05) is 22.6 Å². The van der Waals surface area contributed by atoms with Gasteiger partial charge in [0.15, 0.2) is 11.0 Å². The number of amides is 3. The van der Waals surface area contributed by atoms with Gasteiger partial charge in [0.2, 0.25) is 5.91 Å². The summed E-state index contributed by atoms with van der Waals surface area (Å²) in [5, 5.41) is 11.9. The van der Waals surface area contributed by atoms with Gasteiger partial charge < -0.3 is 10.1 Å². The summed E-state index contributed by atoms with van der Waals surface area (Å²) in [5.41, 5.74) is 5.65. The Bertz CT molecular complexity index is 1560. The highest BCUT2D eigenvalue weighted by molar-refractivity contribution is 8.15. The fourth-order valence-electron chi connectivity index (χ4n) is 4.14. The molecule has 1 aliphatic heterocycles. The van der Waals surface area contributed by atoms with Crippen LogP contribution in [0.15, 0.2) is 70.6 Å². The van der Waals surface area contributed by atoms with Gasteiger partial charge in [-0.15, -0.1) is 9.24 Å². The van der Waals surface area contributed by atoms with Gasteiger partial charge in [0.1, 0.15) is 6.17 Å². The number of nitrogens with zero attached hydrogens (tertiary/aromatic N) is 3. The topological polar surface area (TPSA) is 107 Å². The smallest absolute Gasteiger partial charge is 0.347 e. The van der Waals surface area contributed by atoms with E-state index >= 15 is 0 Å². The van der Waals surface area contributed by atoms with Crippen molar-refractivity contribution in [2.45, 2.75) is 60.2 Å². The number of urea groups is 1. The molecule has 2 unspecified atom stereocenters. The number of rotatable bonds is 9. The number of anilines is 2. The number of aryl methyl sites for hydroxylation is 2. The summed E-state index contributed by atoms with van der Waals surface area (Å²) in [4.78, 5) is 35.3. The average molecular weight is 650 g/mol. The van der Waals surface area contributed by atoms with E-state index in [2.05, 4.69) is 31.5 Å². The van der Waals surface area contributed by atoms with Gasteiger partial charge in [-0.3, -0.25) is 15.1 Å². The number of benzene rings is 3. The SMILES string of the molecule is CCCC=NC(=N)c1ccc(NC(=O)/N=C2\SCC(=O)N2c2cc(C)ccc2COCC)c(P)c1.Cc1ccc(C(C)F)cc1. The van der Waals surface area contributed by atoms with E-state index in [0.717, 1.165) is 29.5 Å². The zero-order chi connectivity index (χ0) is 32.9. The lowest BCUT2D eigenvalue weighted by Crippen LogP contribution is -2.31. The van der Waals surface area contributed by atoms with Crippen molar-refractivity contribution in [1.29, 1.82) is 5.41 Å². The van der Waals surface area contributed by atoms with E-state index in [1.165, 1.54) is 22.2 Å². The molecule has 2 atom stereocenters. The van der Waals surface area contributed by atoms with Gasteiger partial charge in [0.25, 0.3) is 0 Å². The minimum atomic E-state index is -0.847. The molecule has 4 rings (SSSR count). The van der Waals surface area contributed by atoms with Crippen LogP contribution in [-0.2, 0) is 16.1 Å². The molecule has 1 heterocycles. The second kappa shape index (κ2) is 17.7. The molecule has 11 heteroatoms. The second-order valence-corrected chi connectivity index (χ2v) is 12.0. The number of halogens is 1. The van der Waals surface area contributed by atoms with Crippen LogP contribution in [0.1, 0.15) is 67.6 Å². The molecule has 0 bridgehead atoms. The first-order valence-electron chi connectivity index (χ1n) is 14.8. The van der Waals surface area contributed by atoms with Gasteiger partial charge >= 0.3 is 6.03 Å². The van der Waals surface area contributed by atoms with Crippen LogP contribution in [0.4, 0.5) is 20.6 Å². The van der Waals surface area contributed by atoms with Crippen molar-refractivity contribution in [3.8, 4) is 0 Å². The number of thioether (sulfide) groups is 1. The Morgan fingerprint density at radius 3 is 2.49 bits per heavy atom. The summed E-state index contributed by atoms with van der Waals surface area (Å²) in [5.74, 6) is 0.235. The van der Waals surface area contributed by atoms with Gasteiger partial charge in [-0.1, -0.05) is 67.1 Å². The lowest BCUT2D eigenvalue weighted by Gasteiger charge is -2.20. The highest BCUT2D eigenvalue weighted by Gasteiger charge is 2.32. The lowest BCUT2D eigenvalue weighted by molar-refractivity contribution is -0.115. The molecular weight excluding hydrogens is 608 g/mol. The largest absolute Gasteiger partial charge is 0.377 e. The van der Waals surface area contributed by atoms with Crippen molar-refractivity contribution in [3.63, 3.8) is 0 Å². The van der Waals surface area contributed by atoms with Crippen LogP contribution in [0.3, 0.4) is 0 Å². The fraction of sp³-hybridized carbons (Fsp3) is 0.324. The number of ether oxygens (including phenoxy) is 1. The second-order valence-electron chi connectivity index (χ2n) is 10.4. The van der Waals surface area contributed by atoms with E-state index in [-0.39, 0.29) is 17.5 Å². The molecule has 2 N–H and O–H groups in total. The van der Waals surface area contributed by atoms with Crippen LogP contribution in [0.2, 0.25) is 0 Å². The van der Waals surface area contributed by atoms with Crippen molar-refractivity contribution in [1.82, 2.24) is 0 Å². The molecule has 0 aliphatic carbocycles. The van der Waals surface area contributed by atoms with Crippen LogP contribution in [0.25, 0.3) is 0 Å². The summed E-state index contributed by atoms with van der Waals surface area (Å²) in [6.45, 7) is 10.4. The third-order valence-corrected chi connectivity index (χ3v) is 8.05. The quantitative estimate of drug-likeness (QED) is 0.140. The number of amidine groups is 2. The zero-order valence-electron chi connectivity index (χ0n) is 26.4. The summed E-state index contributed by atoms with van der Waals surface area (Å²) < 4.78 is 18.1. The third-order valence-electron chi connectivity index (χ3n) is 6.65. The lowest BCUT2D eigenvalue weighted by atomic mass is 10.1. The number of nitrogens with one attached hydrogen (secondary N) is 2. The van der Waals surface area contributed by atoms with Gasteiger partial charge in [-0.05, 0) is 74.8 Å². The zero-order valence-corrected chi connectivity index (χ0v) is 28.4. The number of alkyl halides is 1. The summed E-state index contributed by atoms with van der Waals surface area (Å²) in [7, 11) is 2.56. The molecule has 3 aromatic rings. The number of unbranched alkanes of at least 4 members (excludes halogenated alkanes) is 1. The van der Waals surface area contributed by atoms with Crippen LogP contribution in [0.5, 0.6) is 0 Å². The molecule has 238 valence electrons. The number of carbonyl (C=O) groups is 2. The Hall–Kier alpha value is -3.72. The van der Waals surface area contributed by atoms with Gasteiger partial charge in [0.05, 0.1) is 18.0 Å². The third kappa shape index (κ3) is 10.7. The van der Waals surface area contributed by atoms with Crippen LogP contribution >= 0.6 is 21.0 Å². The molecule has 3 amide bonds. The van der Waals surface area contributed by atoms with E-state index in [0.29, 0.717) is 40.6 Å². The van der Waals surface area contributed by atoms with Crippen LogP contribution in [0, 0.1) is 19.3 Å². The summed E-state index contributed by atoms with van der Waals surface area (Å²) in [6, 6.07) is 17.9. The highest BCUT2D eigenvalue weighted by atomic mass is 32.2. The maximum Gasteiger partial charge on any atom is 0.347 e. The number of aliphatic imine (C=N–C) groups is 2. The molecule has 1 saturated heterocycles. The van der Waals surface area contributed by atoms with Crippen molar-refractivity contribution >= 4 is 66.8 Å². The highest BCUT2D eigenvalue weighted by Crippen LogP contribution is 2.31. The maximum atomic E-state index is 12.8. The van der Waals surface area contributed by atoms with Gasteiger partial charge in [0, 0.05) is 29.6 Å². The van der Waals surface area contributed by atoms with Crippen LogP contribution in [-0.4, -0.2) is 41.5 Å². The minimum absolute atomic E-state index is 0.136. The number of carbonyl (C=O) groups excluding carboxylic acids is 2. The molecule has 45 heavy (non-hydrogen) atoms. The minimum Gasteiger partial charge on any atom is -0.377 e. The first-order chi connectivity index (χ1) is 21.5. The monoisotopic (exact) mass is 649 g/mol. The Morgan fingerprint density at radius 1 is 1.13 bits per heavy atom. The standard InChI is InChI=1S/C25H30N5O3PS.C9H11F/c1-4-6-11-27-23(26)17-9-10-19(21(34)13-17)28-24(32)29-25-30(22(31)15-35-25)20-12-16(3)7-8-18(20)14-33-5-2;1-7-3-5-9(6-4-7)8(2)10/h7-13,26H,4-6,14-15,34H2,1-3H3,(H,28,32);3-6,8H,1-2H3/b26-23?,27-11?,29-25-;. The molecule has 0 radical (unpaired) electrons. The Kier molecular flexibility index (Phi) is 14.1. The van der Waals surface area contributed by atoms with E-state index in [9.17, 15) is 14.0 Å². The van der Waals surface area contributed by atoms with Crippen molar-refractivity contribution in [3.05, 3.63) is 88.5 Å². The Balaban J connectivity index is 0.000000468. The van der Waals surface area contributed by atoms with Crippen molar-refractivity contribution < 1.29 is 18.7 Å². The van der Waals surface area contributed by atoms with Crippen molar-refractivity contribution in [2.24, 2.45) is 9.98 Å². The van der Waals surface area contributed by atoms with E-state index in [1.54, 1.807) is 31.3 Å². The molecule has 0 aromatic heterocycles. The first kappa shape index (κ1) is 35.8. The van der Waals surface area contributed by atoms with E-state index < -0.39 is 12.2 Å². The molecular formula is C34H41FN5O3PS. The normalized spacial score (nSPS) is 14.4. The Morgan fingerprint density at radius 2 is 1.84 bits per heavy atom. The number of hydrogen-bond donors (Lipinski definition) is 2. The predicted molar refractivity (Wildman–Crippen MR) is 190 cm³/mol. The summed E-state index contributed by atoms with van der Waals surface area (Å²) in [6.07, 6.45) is 2.67. The predicted octanol–water partition coefficient (Wildman–Crippen LogP) is 7.92. The molecule has 1 fully saturated rings. The van der Waals surface area contributed by atoms with Crippen LogP contribution < -0.4 is 15.5 Å². The summed E-state index contributed by atoms with van der Waals surface area (Å²) >= 11 is 1.23. The van der Waals surface area contributed by atoms with Gasteiger partial charge in [-0.25, -0.2) is 14.2 Å². The maximum absolute atomic E-state index is 12.8. The molecule has 0 spiro atoms. The Labute approximate surface area is 271 Å². The molecule has 3 aromatic carbocycles. The molecule has 1 aliphatic rings. The molecule has 8 nitrogen and oxygen atoms in total. The average Bonchev–Trinajstić information content (AvgIpc) is 3.37.